The summed E-state index contributed by atoms with van der Waals surface area (Å²) < 4.78 is 24.9. The molecule has 0 radical (unpaired) electrons. The van der Waals surface area contributed by atoms with Crippen LogP contribution in [0.2, 0.25) is 0 Å². The number of amides is 1. The van der Waals surface area contributed by atoms with Crippen molar-refractivity contribution in [3.05, 3.63) is 0 Å². The van der Waals surface area contributed by atoms with Crippen LogP contribution < -0.4 is 5.32 Å². The molecule has 2 saturated heterocycles. The first-order valence-electron chi connectivity index (χ1n) is 5.99. The summed E-state index contributed by atoms with van der Waals surface area (Å²) in [5, 5.41) is 3.16. The van der Waals surface area contributed by atoms with Gasteiger partial charge in [0.1, 0.15) is 0 Å². The molecule has 1 N–H and O–H groups in total. The van der Waals surface area contributed by atoms with Gasteiger partial charge in [-0.15, -0.1) is 0 Å². The number of nitrogens with one attached hydrogen (secondary N) is 1. The van der Waals surface area contributed by atoms with Gasteiger partial charge in [-0.3, -0.25) is 4.79 Å². The highest BCUT2D eigenvalue weighted by Gasteiger charge is 2.34. The van der Waals surface area contributed by atoms with Crippen molar-refractivity contribution in [2.45, 2.75) is 38.2 Å². The van der Waals surface area contributed by atoms with Gasteiger partial charge in [0.2, 0.25) is 12.3 Å². The van der Waals surface area contributed by atoms with Crippen molar-refractivity contribution in [1.29, 1.82) is 0 Å². The summed E-state index contributed by atoms with van der Waals surface area (Å²) in [6, 6.07) is -0.134. The minimum Gasteiger partial charge on any atom is -0.341 e. The second-order valence-electron chi connectivity index (χ2n) is 4.67. The van der Waals surface area contributed by atoms with Crippen molar-refractivity contribution in [2.75, 3.05) is 19.6 Å². The second-order valence-corrected chi connectivity index (χ2v) is 4.67. The number of nitrogens with zero attached hydrogens (tertiary/aromatic N) is 1. The molecule has 2 heterocycles. The van der Waals surface area contributed by atoms with E-state index >= 15 is 0 Å². The molecular weight excluding hydrogens is 214 g/mol. The summed E-state index contributed by atoms with van der Waals surface area (Å²) in [7, 11) is 0. The Bertz CT molecular complexity index is 254. The first-order valence-corrected chi connectivity index (χ1v) is 5.99. The van der Waals surface area contributed by atoms with Gasteiger partial charge in [-0.05, 0) is 25.8 Å². The normalized spacial score (nSPS) is 31.1. The zero-order valence-electron chi connectivity index (χ0n) is 9.29. The summed E-state index contributed by atoms with van der Waals surface area (Å²) in [5.74, 6) is -0.601. The van der Waals surface area contributed by atoms with E-state index in [0.717, 1.165) is 25.8 Å². The molecule has 0 aromatic rings. The number of hydrogen-bond acceptors (Lipinski definition) is 2. The first-order chi connectivity index (χ1) is 7.68. The van der Waals surface area contributed by atoms with E-state index < -0.39 is 12.3 Å². The van der Waals surface area contributed by atoms with Gasteiger partial charge in [-0.2, -0.15) is 0 Å². The lowest BCUT2D eigenvalue weighted by molar-refractivity contribution is -0.133. The number of halogens is 2. The van der Waals surface area contributed by atoms with E-state index in [-0.39, 0.29) is 18.5 Å². The summed E-state index contributed by atoms with van der Waals surface area (Å²) in [4.78, 5) is 13.6. The SMILES string of the molecule is O=C([C@@H]1CCCCN1)N1CC[C@@H](C(F)F)C1. The standard InChI is InChI=1S/C11H18F2N2O/c12-10(13)8-4-6-15(7-8)11(16)9-3-1-2-5-14-9/h8-10,14H,1-7H2/t8-,9+/m1/s1. The maximum atomic E-state index is 12.5. The van der Waals surface area contributed by atoms with Crippen LogP contribution in [-0.4, -0.2) is 42.9 Å². The fraction of sp³-hybridized carbons (Fsp3) is 0.909. The predicted molar refractivity (Wildman–Crippen MR) is 56.3 cm³/mol. The third-order valence-electron chi connectivity index (χ3n) is 3.50. The lowest BCUT2D eigenvalue weighted by Crippen LogP contribution is -2.47. The molecule has 0 aromatic carbocycles. The maximum absolute atomic E-state index is 12.5. The molecule has 0 unspecified atom stereocenters. The van der Waals surface area contributed by atoms with Crippen LogP contribution in [0.5, 0.6) is 0 Å². The van der Waals surface area contributed by atoms with Gasteiger partial charge in [-0.25, -0.2) is 8.78 Å². The number of alkyl halides is 2. The van der Waals surface area contributed by atoms with Gasteiger partial charge >= 0.3 is 0 Å². The molecule has 0 spiro atoms. The lowest BCUT2D eigenvalue weighted by Gasteiger charge is -2.27. The summed E-state index contributed by atoms with van der Waals surface area (Å²) in [6.45, 7) is 1.59. The maximum Gasteiger partial charge on any atom is 0.243 e. The Balaban J connectivity index is 1.86. The van der Waals surface area contributed by atoms with Crippen LogP contribution in [0.15, 0.2) is 0 Å². The quantitative estimate of drug-likeness (QED) is 0.777. The van der Waals surface area contributed by atoms with Gasteiger partial charge < -0.3 is 10.2 Å². The molecule has 0 aromatic heterocycles. The van der Waals surface area contributed by atoms with E-state index in [1.165, 1.54) is 0 Å². The van der Waals surface area contributed by atoms with E-state index in [0.29, 0.717) is 13.0 Å². The molecule has 0 saturated carbocycles. The highest BCUT2D eigenvalue weighted by molar-refractivity contribution is 5.82. The molecule has 1 amide bonds. The van der Waals surface area contributed by atoms with Crippen molar-refractivity contribution in [3.8, 4) is 0 Å². The van der Waals surface area contributed by atoms with Crippen LogP contribution in [0.3, 0.4) is 0 Å². The molecular formula is C11H18F2N2O. The third-order valence-corrected chi connectivity index (χ3v) is 3.50. The molecule has 5 heteroatoms. The average Bonchev–Trinajstić information content (AvgIpc) is 2.78. The predicted octanol–water partition coefficient (Wildman–Crippen LogP) is 1.24. The molecule has 3 nitrogen and oxygen atoms in total. The van der Waals surface area contributed by atoms with Gasteiger partial charge in [0.05, 0.1) is 6.04 Å². The van der Waals surface area contributed by atoms with Crippen LogP contribution in [-0.2, 0) is 4.79 Å². The number of hydrogen-bond donors (Lipinski definition) is 1. The Hall–Kier alpha value is -0.710. The van der Waals surface area contributed by atoms with E-state index in [9.17, 15) is 13.6 Å². The van der Waals surface area contributed by atoms with Crippen LogP contribution in [0.4, 0.5) is 8.78 Å². The Morgan fingerprint density at radius 1 is 1.31 bits per heavy atom. The summed E-state index contributed by atoms with van der Waals surface area (Å²) >= 11 is 0. The largest absolute Gasteiger partial charge is 0.341 e. The number of likely N-dealkylation sites (tertiary alicyclic amines) is 1. The van der Waals surface area contributed by atoms with E-state index in [1.54, 1.807) is 4.90 Å². The van der Waals surface area contributed by atoms with Crippen LogP contribution in [0.25, 0.3) is 0 Å². The highest BCUT2D eigenvalue weighted by Crippen LogP contribution is 2.24. The Morgan fingerprint density at radius 2 is 2.12 bits per heavy atom. The molecule has 2 rings (SSSR count). The average molecular weight is 232 g/mol. The number of piperidine rings is 1. The molecule has 0 bridgehead atoms. The van der Waals surface area contributed by atoms with Crippen LogP contribution >= 0.6 is 0 Å². The van der Waals surface area contributed by atoms with Crippen molar-refractivity contribution in [3.63, 3.8) is 0 Å². The van der Waals surface area contributed by atoms with Gasteiger partial charge in [0.25, 0.3) is 0 Å². The van der Waals surface area contributed by atoms with Crippen molar-refractivity contribution < 1.29 is 13.6 Å². The molecule has 92 valence electrons. The van der Waals surface area contributed by atoms with Crippen molar-refractivity contribution in [2.24, 2.45) is 5.92 Å². The molecule has 2 aliphatic heterocycles. The number of carbonyl (C=O) groups is 1. The molecule has 2 fully saturated rings. The zero-order chi connectivity index (χ0) is 11.5. The minimum atomic E-state index is -2.29. The Kier molecular flexibility index (Phi) is 3.74. The summed E-state index contributed by atoms with van der Waals surface area (Å²) in [6.07, 6.45) is 1.14. The van der Waals surface area contributed by atoms with Gasteiger partial charge in [-0.1, -0.05) is 6.42 Å². The van der Waals surface area contributed by atoms with E-state index in [2.05, 4.69) is 5.32 Å². The lowest BCUT2D eigenvalue weighted by atomic mass is 10.0. The number of rotatable bonds is 2. The van der Waals surface area contributed by atoms with Gasteiger partial charge in [0.15, 0.2) is 0 Å². The third kappa shape index (κ3) is 2.51. The smallest absolute Gasteiger partial charge is 0.243 e. The number of carbonyl (C=O) groups excluding carboxylic acids is 1. The molecule has 0 aliphatic carbocycles. The monoisotopic (exact) mass is 232 g/mol. The topological polar surface area (TPSA) is 32.3 Å². The Labute approximate surface area is 94.2 Å². The van der Waals surface area contributed by atoms with E-state index in [4.69, 9.17) is 0 Å². The molecule has 2 aliphatic rings. The highest BCUT2D eigenvalue weighted by atomic mass is 19.3. The first kappa shape index (κ1) is 11.8. The fourth-order valence-electron chi connectivity index (χ4n) is 2.48. The van der Waals surface area contributed by atoms with Gasteiger partial charge in [0, 0.05) is 19.0 Å². The van der Waals surface area contributed by atoms with Crippen molar-refractivity contribution >= 4 is 5.91 Å². The second kappa shape index (κ2) is 5.08. The zero-order valence-corrected chi connectivity index (χ0v) is 9.29. The van der Waals surface area contributed by atoms with Crippen molar-refractivity contribution in [1.82, 2.24) is 10.2 Å². The van der Waals surface area contributed by atoms with Crippen LogP contribution in [0.1, 0.15) is 25.7 Å². The Morgan fingerprint density at radius 3 is 2.69 bits per heavy atom. The molecule has 16 heavy (non-hydrogen) atoms. The van der Waals surface area contributed by atoms with E-state index in [1.807, 2.05) is 0 Å². The summed E-state index contributed by atoms with van der Waals surface area (Å²) in [5.41, 5.74) is 0. The molecule has 2 atom stereocenters. The van der Waals surface area contributed by atoms with Crippen LogP contribution in [0, 0.1) is 5.92 Å². The minimum absolute atomic E-state index is 0.0165. The fourth-order valence-corrected chi connectivity index (χ4v) is 2.48.